The third-order valence-corrected chi connectivity index (χ3v) is 4.95. The second-order valence-corrected chi connectivity index (χ2v) is 6.09. The lowest BCUT2D eigenvalue weighted by molar-refractivity contribution is -0.195. The zero-order valence-corrected chi connectivity index (χ0v) is 14.8. The molecule has 0 amide bonds. The molecule has 1 aromatic rings. The minimum Gasteiger partial charge on any atom is -0.476 e. The van der Waals surface area contributed by atoms with Crippen molar-refractivity contribution in [2.75, 3.05) is 19.8 Å². The molecular formula is C19H23NO5. The molecule has 6 heteroatoms. The minimum absolute atomic E-state index is 0.0124. The van der Waals surface area contributed by atoms with Crippen molar-refractivity contribution < 1.29 is 23.8 Å². The second-order valence-electron chi connectivity index (χ2n) is 6.09. The van der Waals surface area contributed by atoms with E-state index < -0.39 is 22.7 Å². The van der Waals surface area contributed by atoms with Gasteiger partial charge in [0.05, 0.1) is 19.3 Å². The van der Waals surface area contributed by atoms with Crippen LogP contribution < -0.4 is 0 Å². The summed E-state index contributed by atoms with van der Waals surface area (Å²) in [6, 6.07) is 9.33. The maximum Gasteiger partial charge on any atom is 0.323 e. The summed E-state index contributed by atoms with van der Waals surface area (Å²) in [6.45, 7) is 6.35. The van der Waals surface area contributed by atoms with Gasteiger partial charge in [-0.05, 0) is 26.3 Å². The fourth-order valence-corrected chi connectivity index (χ4v) is 3.94. The van der Waals surface area contributed by atoms with Gasteiger partial charge in [-0.25, -0.2) is 4.99 Å². The summed E-state index contributed by atoms with van der Waals surface area (Å²) in [6.07, 6.45) is -0.140. The van der Waals surface area contributed by atoms with Crippen LogP contribution in [0.1, 0.15) is 32.8 Å². The number of nitrogens with zero attached hydrogens (tertiary/aromatic N) is 1. The molecule has 134 valence electrons. The van der Waals surface area contributed by atoms with Gasteiger partial charge in [0.2, 0.25) is 5.78 Å². The minimum atomic E-state index is -1.41. The van der Waals surface area contributed by atoms with Crippen LogP contribution in [0.3, 0.4) is 0 Å². The van der Waals surface area contributed by atoms with E-state index in [2.05, 4.69) is 4.99 Å². The Morgan fingerprint density at radius 3 is 2.48 bits per heavy atom. The predicted octanol–water partition coefficient (Wildman–Crippen LogP) is 2.26. The molecular weight excluding hydrogens is 322 g/mol. The molecule has 1 aliphatic heterocycles. The molecule has 0 aromatic heterocycles. The lowest BCUT2D eigenvalue weighted by Gasteiger charge is -2.55. The summed E-state index contributed by atoms with van der Waals surface area (Å²) in [5.41, 5.74) is -1.77. The fourth-order valence-electron chi connectivity index (χ4n) is 3.94. The molecule has 25 heavy (non-hydrogen) atoms. The average molecular weight is 345 g/mol. The van der Waals surface area contributed by atoms with Crippen molar-refractivity contribution in [3.8, 4) is 0 Å². The molecule has 0 saturated heterocycles. The average Bonchev–Trinajstić information content (AvgIpc) is 2.80. The highest BCUT2D eigenvalue weighted by atomic mass is 16.5. The lowest BCUT2D eigenvalue weighted by Crippen LogP contribution is -2.69. The Morgan fingerprint density at radius 2 is 1.88 bits per heavy atom. The van der Waals surface area contributed by atoms with Gasteiger partial charge in [0.25, 0.3) is 5.90 Å². The molecule has 0 bridgehead atoms. The van der Waals surface area contributed by atoms with Gasteiger partial charge in [-0.2, -0.15) is 0 Å². The van der Waals surface area contributed by atoms with E-state index >= 15 is 0 Å². The highest BCUT2D eigenvalue weighted by Crippen LogP contribution is 2.64. The molecule has 3 atom stereocenters. The Balaban J connectivity index is 2.19. The van der Waals surface area contributed by atoms with Crippen molar-refractivity contribution in [2.24, 2.45) is 10.4 Å². The van der Waals surface area contributed by atoms with Crippen molar-refractivity contribution in [3.63, 3.8) is 0 Å². The number of carbonyl (C=O) groups excluding carboxylic acids is 2. The molecule has 1 saturated carbocycles. The predicted molar refractivity (Wildman–Crippen MR) is 91.3 cm³/mol. The first-order valence-corrected chi connectivity index (χ1v) is 8.70. The van der Waals surface area contributed by atoms with E-state index in [0.29, 0.717) is 13.2 Å². The topological polar surface area (TPSA) is 74.2 Å². The largest absolute Gasteiger partial charge is 0.476 e. The molecule has 1 aliphatic carbocycles. The van der Waals surface area contributed by atoms with Gasteiger partial charge in [0.15, 0.2) is 5.41 Å². The smallest absolute Gasteiger partial charge is 0.323 e. The standard InChI is InChI=1S/C19H23NO5/c1-4-23-14-12-18(17(22)25-6-3)15(21)16(24-5-2)20-19(14,18)13-10-8-7-9-11-13/h7-11,14H,4-6,12H2,1-3H3/t14-,18+,19+/m1/s1. The van der Waals surface area contributed by atoms with Crippen LogP contribution in [0.4, 0.5) is 0 Å². The van der Waals surface area contributed by atoms with Crippen molar-refractivity contribution in [1.29, 1.82) is 0 Å². The van der Waals surface area contributed by atoms with Crippen LogP contribution in [-0.2, 0) is 29.3 Å². The number of hydrogen-bond acceptors (Lipinski definition) is 6. The number of benzene rings is 1. The van der Waals surface area contributed by atoms with Gasteiger partial charge in [-0.1, -0.05) is 30.3 Å². The Bertz CT molecular complexity index is 701. The van der Waals surface area contributed by atoms with E-state index in [1.807, 2.05) is 37.3 Å². The summed E-state index contributed by atoms with van der Waals surface area (Å²) < 4.78 is 16.6. The van der Waals surface area contributed by atoms with Crippen LogP contribution in [-0.4, -0.2) is 43.6 Å². The Labute approximate surface area is 147 Å². The molecule has 0 radical (unpaired) electrons. The van der Waals surface area contributed by atoms with Gasteiger partial charge in [0.1, 0.15) is 5.54 Å². The van der Waals surface area contributed by atoms with Crippen LogP contribution in [0.2, 0.25) is 0 Å². The van der Waals surface area contributed by atoms with E-state index in [1.165, 1.54) is 0 Å². The number of ether oxygens (including phenoxy) is 3. The number of Topliss-reactive ketones (excluding diaryl/α,β-unsaturated/α-hetero) is 1. The van der Waals surface area contributed by atoms with E-state index in [-0.39, 0.29) is 25.0 Å². The second kappa shape index (κ2) is 6.59. The van der Waals surface area contributed by atoms with E-state index in [1.54, 1.807) is 13.8 Å². The molecule has 1 heterocycles. The third-order valence-electron chi connectivity index (χ3n) is 4.95. The van der Waals surface area contributed by atoms with Crippen molar-refractivity contribution in [2.45, 2.75) is 38.8 Å². The van der Waals surface area contributed by atoms with E-state index in [0.717, 1.165) is 5.56 Å². The van der Waals surface area contributed by atoms with Gasteiger partial charge in [-0.15, -0.1) is 0 Å². The zero-order valence-electron chi connectivity index (χ0n) is 14.8. The first-order chi connectivity index (χ1) is 12.1. The summed E-state index contributed by atoms with van der Waals surface area (Å²) in [4.78, 5) is 30.6. The number of esters is 1. The SMILES string of the molecule is CCOC(=O)[C@@]12C[C@@H](OCC)[C@]1(c1ccccc1)N=C(OCC)C2=O. The Kier molecular flexibility index (Phi) is 4.64. The number of fused-ring (bicyclic) bond motifs is 1. The first kappa shape index (κ1) is 17.6. The van der Waals surface area contributed by atoms with Crippen molar-refractivity contribution >= 4 is 17.7 Å². The molecule has 0 unspecified atom stereocenters. The molecule has 0 spiro atoms. The lowest BCUT2D eigenvalue weighted by atomic mass is 9.50. The quantitative estimate of drug-likeness (QED) is 0.584. The number of carbonyl (C=O) groups is 2. The highest BCUT2D eigenvalue weighted by Gasteiger charge is 2.80. The first-order valence-electron chi connectivity index (χ1n) is 8.70. The van der Waals surface area contributed by atoms with Crippen LogP contribution in [0.15, 0.2) is 35.3 Å². The number of ketones is 1. The van der Waals surface area contributed by atoms with Gasteiger partial charge < -0.3 is 14.2 Å². The number of hydrogen-bond donors (Lipinski definition) is 0. The normalized spacial score (nSPS) is 30.3. The van der Waals surface area contributed by atoms with Crippen LogP contribution in [0, 0.1) is 5.41 Å². The van der Waals surface area contributed by atoms with Gasteiger partial charge in [0, 0.05) is 13.0 Å². The molecule has 0 N–H and O–H groups in total. The van der Waals surface area contributed by atoms with E-state index in [9.17, 15) is 9.59 Å². The summed E-state index contributed by atoms with van der Waals surface area (Å²) in [7, 11) is 0. The van der Waals surface area contributed by atoms with Gasteiger partial charge >= 0.3 is 5.97 Å². The third kappa shape index (κ3) is 2.24. The summed E-state index contributed by atoms with van der Waals surface area (Å²) >= 11 is 0. The number of rotatable bonds is 6. The summed E-state index contributed by atoms with van der Waals surface area (Å²) in [5.74, 6) is -0.979. The maximum atomic E-state index is 13.1. The Hall–Kier alpha value is -2.21. The molecule has 2 aliphatic rings. The maximum absolute atomic E-state index is 13.1. The molecule has 6 nitrogen and oxygen atoms in total. The fraction of sp³-hybridized carbons (Fsp3) is 0.526. The van der Waals surface area contributed by atoms with Crippen molar-refractivity contribution in [1.82, 2.24) is 0 Å². The van der Waals surface area contributed by atoms with E-state index in [4.69, 9.17) is 14.2 Å². The molecule has 1 fully saturated rings. The number of aliphatic imine (C=N–C) groups is 1. The van der Waals surface area contributed by atoms with Crippen LogP contribution in [0.25, 0.3) is 0 Å². The van der Waals surface area contributed by atoms with Crippen molar-refractivity contribution in [3.05, 3.63) is 35.9 Å². The van der Waals surface area contributed by atoms with Crippen LogP contribution in [0.5, 0.6) is 0 Å². The van der Waals surface area contributed by atoms with Gasteiger partial charge in [-0.3, -0.25) is 9.59 Å². The zero-order chi connectivity index (χ0) is 18.1. The molecule has 3 rings (SSSR count). The summed E-state index contributed by atoms with van der Waals surface area (Å²) in [5, 5.41) is 0. The monoisotopic (exact) mass is 345 g/mol. The highest BCUT2D eigenvalue weighted by molar-refractivity contribution is 6.45. The Morgan fingerprint density at radius 1 is 1.16 bits per heavy atom. The van der Waals surface area contributed by atoms with Crippen LogP contribution >= 0.6 is 0 Å². The molecule has 1 aromatic carbocycles.